The third kappa shape index (κ3) is 2.90. The first-order valence-electron chi connectivity index (χ1n) is 6.33. The highest BCUT2D eigenvalue weighted by molar-refractivity contribution is 6.35. The van der Waals surface area contributed by atoms with Gasteiger partial charge < -0.3 is 19.1 Å². The second-order valence-electron chi connectivity index (χ2n) is 4.74. The Labute approximate surface area is 131 Å². The maximum atomic E-state index is 9.29. The minimum Gasteiger partial charge on any atom is -0.394 e. The van der Waals surface area contributed by atoms with Crippen LogP contribution in [0, 0.1) is 0 Å². The molecule has 2 atom stereocenters. The van der Waals surface area contributed by atoms with Crippen LogP contribution in [-0.2, 0) is 21.8 Å². The van der Waals surface area contributed by atoms with Gasteiger partial charge in [-0.1, -0.05) is 29.3 Å². The molecule has 0 radical (unpaired) electrons. The molecule has 0 unspecified atom stereocenters. The van der Waals surface area contributed by atoms with E-state index >= 15 is 0 Å². The minimum atomic E-state index is -1.10. The lowest BCUT2D eigenvalue weighted by atomic mass is 10.1. The van der Waals surface area contributed by atoms with Gasteiger partial charge in [0.2, 0.25) is 5.79 Å². The van der Waals surface area contributed by atoms with Crippen molar-refractivity contribution in [2.75, 3.05) is 13.2 Å². The molecule has 0 bridgehead atoms. The molecule has 0 saturated carbocycles. The third-order valence-corrected chi connectivity index (χ3v) is 3.81. The molecule has 1 aliphatic rings. The summed E-state index contributed by atoms with van der Waals surface area (Å²) in [5.41, 5.74) is 0.651. The molecule has 0 aliphatic carbocycles. The van der Waals surface area contributed by atoms with Crippen LogP contribution in [-0.4, -0.2) is 39.2 Å². The summed E-state index contributed by atoms with van der Waals surface area (Å²) < 4.78 is 13.5. The van der Waals surface area contributed by atoms with Crippen molar-refractivity contribution in [1.29, 1.82) is 0 Å². The highest BCUT2D eigenvalue weighted by Crippen LogP contribution is 2.40. The SMILES string of the molecule is OC[C@@H]1CO[C@@](Cn2cnnc2)(c2ccc(Cl)cc2Cl)O1. The van der Waals surface area contributed by atoms with Gasteiger partial charge in [0.1, 0.15) is 18.8 Å². The van der Waals surface area contributed by atoms with Crippen LogP contribution in [0.15, 0.2) is 30.9 Å². The van der Waals surface area contributed by atoms with Gasteiger partial charge in [-0.2, -0.15) is 0 Å². The average molecular weight is 330 g/mol. The molecule has 21 heavy (non-hydrogen) atoms. The van der Waals surface area contributed by atoms with E-state index < -0.39 is 11.9 Å². The van der Waals surface area contributed by atoms with E-state index in [4.69, 9.17) is 32.7 Å². The Balaban J connectivity index is 1.99. The van der Waals surface area contributed by atoms with E-state index in [9.17, 15) is 5.11 Å². The van der Waals surface area contributed by atoms with Crippen LogP contribution >= 0.6 is 23.2 Å². The Kier molecular flexibility index (Phi) is 4.14. The normalized spacial score (nSPS) is 25.4. The zero-order valence-corrected chi connectivity index (χ0v) is 12.5. The Morgan fingerprint density at radius 3 is 2.71 bits per heavy atom. The van der Waals surface area contributed by atoms with Crippen molar-refractivity contribution < 1.29 is 14.6 Å². The summed E-state index contributed by atoms with van der Waals surface area (Å²) in [6, 6.07) is 5.11. The molecule has 1 aliphatic heterocycles. The fraction of sp³-hybridized carbons (Fsp3) is 0.385. The molecular weight excluding hydrogens is 317 g/mol. The van der Waals surface area contributed by atoms with Crippen molar-refractivity contribution in [1.82, 2.24) is 14.8 Å². The van der Waals surface area contributed by atoms with E-state index in [0.717, 1.165) is 0 Å². The van der Waals surface area contributed by atoms with E-state index in [-0.39, 0.29) is 13.2 Å². The van der Waals surface area contributed by atoms with Crippen LogP contribution < -0.4 is 0 Å². The smallest absolute Gasteiger partial charge is 0.215 e. The molecular formula is C13H13Cl2N3O3. The van der Waals surface area contributed by atoms with Gasteiger partial charge in [-0.25, -0.2) is 0 Å². The van der Waals surface area contributed by atoms with E-state index in [0.29, 0.717) is 22.2 Å². The van der Waals surface area contributed by atoms with Gasteiger partial charge in [0.25, 0.3) is 0 Å². The van der Waals surface area contributed by atoms with Crippen molar-refractivity contribution in [2.45, 2.75) is 18.4 Å². The molecule has 112 valence electrons. The first-order chi connectivity index (χ1) is 10.1. The lowest BCUT2D eigenvalue weighted by molar-refractivity contribution is -0.189. The standard InChI is InChI=1S/C13H13Cl2N3O3/c14-9-1-2-11(12(15)3-9)13(6-18-7-16-17-8-18)20-5-10(4-19)21-13/h1-3,7-8,10,19H,4-6H2/t10-,13-/m1/s1. The van der Waals surface area contributed by atoms with Gasteiger partial charge in [-0.15, -0.1) is 10.2 Å². The van der Waals surface area contributed by atoms with Crippen LogP contribution in [0.5, 0.6) is 0 Å². The van der Waals surface area contributed by atoms with Crippen molar-refractivity contribution in [3.8, 4) is 0 Å². The summed E-state index contributed by atoms with van der Waals surface area (Å²) in [6.07, 6.45) is 2.71. The van der Waals surface area contributed by atoms with Crippen LogP contribution in [0.4, 0.5) is 0 Å². The lowest BCUT2D eigenvalue weighted by Crippen LogP contribution is -2.34. The van der Waals surface area contributed by atoms with Crippen molar-refractivity contribution >= 4 is 23.2 Å². The van der Waals surface area contributed by atoms with Gasteiger partial charge in [-0.05, 0) is 12.1 Å². The number of nitrogens with zero attached hydrogens (tertiary/aromatic N) is 3. The Morgan fingerprint density at radius 1 is 1.33 bits per heavy atom. The van der Waals surface area contributed by atoms with Gasteiger partial charge in [0, 0.05) is 10.6 Å². The topological polar surface area (TPSA) is 69.4 Å². The van der Waals surface area contributed by atoms with E-state index in [1.165, 1.54) is 0 Å². The maximum Gasteiger partial charge on any atom is 0.215 e. The zero-order valence-electron chi connectivity index (χ0n) is 10.9. The summed E-state index contributed by atoms with van der Waals surface area (Å²) in [4.78, 5) is 0. The molecule has 1 aromatic carbocycles. The Hall–Kier alpha value is -1.18. The Morgan fingerprint density at radius 2 is 2.10 bits per heavy atom. The first-order valence-corrected chi connectivity index (χ1v) is 7.09. The minimum absolute atomic E-state index is 0.130. The summed E-state index contributed by atoms with van der Waals surface area (Å²) in [7, 11) is 0. The van der Waals surface area contributed by atoms with Gasteiger partial charge in [0.05, 0.1) is 24.8 Å². The van der Waals surface area contributed by atoms with Crippen LogP contribution in [0.1, 0.15) is 5.56 Å². The number of halogens is 2. The summed E-state index contributed by atoms with van der Waals surface area (Å²) in [6.45, 7) is 0.463. The number of aliphatic hydroxyl groups is 1. The molecule has 1 N–H and O–H groups in total. The van der Waals surface area contributed by atoms with Crippen LogP contribution in [0.25, 0.3) is 0 Å². The summed E-state index contributed by atoms with van der Waals surface area (Å²) in [5.74, 6) is -1.10. The summed E-state index contributed by atoms with van der Waals surface area (Å²) >= 11 is 12.2. The highest BCUT2D eigenvalue weighted by Gasteiger charge is 2.44. The van der Waals surface area contributed by atoms with Crippen molar-refractivity contribution in [2.24, 2.45) is 0 Å². The van der Waals surface area contributed by atoms with Crippen molar-refractivity contribution in [3.63, 3.8) is 0 Å². The fourth-order valence-corrected chi connectivity index (χ4v) is 2.86. The van der Waals surface area contributed by atoms with Crippen LogP contribution in [0.2, 0.25) is 10.0 Å². The van der Waals surface area contributed by atoms with Gasteiger partial charge >= 0.3 is 0 Å². The largest absolute Gasteiger partial charge is 0.394 e. The quantitative estimate of drug-likeness (QED) is 0.926. The van der Waals surface area contributed by atoms with Gasteiger partial charge in [0.15, 0.2) is 0 Å². The number of hydrogen-bond acceptors (Lipinski definition) is 5. The number of aromatic nitrogens is 3. The predicted octanol–water partition coefficient (Wildman–Crippen LogP) is 1.85. The van der Waals surface area contributed by atoms with Crippen LogP contribution in [0.3, 0.4) is 0 Å². The lowest BCUT2D eigenvalue weighted by Gasteiger charge is -2.29. The molecule has 1 aromatic heterocycles. The maximum absolute atomic E-state index is 9.29. The average Bonchev–Trinajstić information content (AvgIpc) is 3.09. The Bertz CT molecular complexity index is 623. The first kappa shape index (κ1) is 14.7. The molecule has 1 saturated heterocycles. The number of hydrogen-bond donors (Lipinski definition) is 1. The second-order valence-corrected chi connectivity index (χ2v) is 5.59. The molecule has 6 nitrogen and oxygen atoms in total. The van der Waals surface area contributed by atoms with Crippen molar-refractivity contribution in [3.05, 3.63) is 46.5 Å². The number of rotatable bonds is 4. The molecule has 8 heteroatoms. The molecule has 0 amide bonds. The molecule has 2 heterocycles. The monoisotopic (exact) mass is 329 g/mol. The second kappa shape index (κ2) is 5.90. The third-order valence-electron chi connectivity index (χ3n) is 3.26. The number of aliphatic hydroxyl groups excluding tert-OH is 1. The number of ether oxygens (including phenoxy) is 2. The molecule has 0 spiro atoms. The number of benzene rings is 1. The predicted molar refractivity (Wildman–Crippen MR) is 76.1 cm³/mol. The molecule has 3 rings (SSSR count). The van der Waals surface area contributed by atoms with Gasteiger partial charge in [-0.3, -0.25) is 0 Å². The van der Waals surface area contributed by atoms with E-state index in [1.807, 2.05) is 0 Å². The fourth-order valence-electron chi connectivity index (χ4n) is 2.31. The zero-order chi connectivity index (χ0) is 14.9. The molecule has 1 fully saturated rings. The van der Waals surface area contributed by atoms with E-state index in [1.54, 1.807) is 35.4 Å². The summed E-state index contributed by atoms with van der Waals surface area (Å²) in [5, 5.41) is 17.8. The molecule has 2 aromatic rings. The highest BCUT2D eigenvalue weighted by atomic mass is 35.5. The van der Waals surface area contributed by atoms with E-state index in [2.05, 4.69) is 10.2 Å².